The van der Waals surface area contributed by atoms with E-state index in [9.17, 15) is 8.42 Å². The average molecular weight is 473 g/mol. The molecule has 0 bridgehead atoms. The van der Waals surface area contributed by atoms with Gasteiger partial charge in [0.1, 0.15) is 4.90 Å². The van der Waals surface area contributed by atoms with Crippen LogP contribution in [0.3, 0.4) is 0 Å². The van der Waals surface area contributed by atoms with Crippen molar-refractivity contribution in [3.05, 3.63) is 64.6 Å². The van der Waals surface area contributed by atoms with E-state index in [1.54, 1.807) is 24.3 Å². The minimum Gasteiger partial charge on any atom is -0.398 e. The van der Waals surface area contributed by atoms with Crippen molar-refractivity contribution < 1.29 is 13.0 Å². The first-order chi connectivity index (χ1) is 13.9. The Labute approximate surface area is 184 Å². The molecule has 0 spiro atoms. The highest BCUT2D eigenvalue weighted by molar-refractivity contribution is 7.86. The van der Waals surface area contributed by atoms with Crippen LogP contribution in [0.2, 0.25) is 10.0 Å². The first-order valence-corrected chi connectivity index (χ1v) is 10.3. The molecule has 0 aliphatic heterocycles. The molecular weight excluding hydrogens is 451 g/mol. The van der Waals surface area contributed by atoms with Gasteiger partial charge < -0.3 is 34.4 Å². The number of anilines is 6. The van der Waals surface area contributed by atoms with E-state index in [-0.39, 0.29) is 22.7 Å². The molecule has 3 aromatic rings. The zero-order valence-electron chi connectivity index (χ0n) is 15.6. The number of hydrogen-bond acceptors (Lipinski definition) is 8. The van der Waals surface area contributed by atoms with Crippen LogP contribution in [0.5, 0.6) is 0 Å². The second kappa shape index (κ2) is 10.6. The molecule has 3 rings (SSSR count). The topological polar surface area (TPSA) is 210 Å². The maximum atomic E-state index is 10.8. The van der Waals surface area contributed by atoms with Gasteiger partial charge in [-0.05, 0) is 30.3 Å². The largest absolute Gasteiger partial charge is 0.398 e. The summed E-state index contributed by atoms with van der Waals surface area (Å²) in [6.07, 6.45) is 0. The number of hydrogen-bond donors (Lipinski definition) is 7. The van der Waals surface area contributed by atoms with Crippen molar-refractivity contribution in [2.75, 3.05) is 34.4 Å². The molecule has 0 radical (unpaired) electrons. The summed E-state index contributed by atoms with van der Waals surface area (Å²) < 4.78 is 30.3. The van der Waals surface area contributed by atoms with Gasteiger partial charge in [-0.2, -0.15) is 8.42 Å². The fraction of sp³-hybridized carbons (Fsp3) is 0. The van der Waals surface area contributed by atoms with Gasteiger partial charge in [-0.15, -0.1) is 0 Å². The molecule has 0 fully saturated rings. The van der Waals surface area contributed by atoms with E-state index in [1.165, 1.54) is 0 Å². The Morgan fingerprint density at radius 3 is 1.33 bits per heavy atom. The number of benzene rings is 3. The van der Waals surface area contributed by atoms with Gasteiger partial charge in [0.2, 0.25) is 0 Å². The van der Waals surface area contributed by atoms with Crippen molar-refractivity contribution in [3.8, 4) is 0 Å². The highest BCUT2D eigenvalue weighted by Gasteiger charge is 2.19. The number of nitrogen functional groups attached to an aromatic ring is 6. The predicted octanol–water partition coefficient (Wildman–Crippen LogP) is 3.11. The molecule has 0 atom stereocenters. The summed E-state index contributed by atoms with van der Waals surface area (Å²) in [6.45, 7) is 0. The molecule has 0 heterocycles. The molecule has 0 saturated heterocycles. The van der Waals surface area contributed by atoms with E-state index in [2.05, 4.69) is 0 Å². The van der Waals surface area contributed by atoms with Crippen LogP contribution in [-0.2, 0) is 10.1 Å². The van der Waals surface area contributed by atoms with Crippen LogP contribution in [0.1, 0.15) is 0 Å². The second-order valence-electron chi connectivity index (χ2n) is 5.72. The molecule has 13 N–H and O–H groups in total. The van der Waals surface area contributed by atoms with E-state index in [1.807, 2.05) is 24.3 Å². The summed E-state index contributed by atoms with van der Waals surface area (Å²) in [4.78, 5) is -0.540. The van der Waals surface area contributed by atoms with Gasteiger partial charge in [0.15, 0.2) is 0 Å². The highest BCUT2D eigenvalue weighted by atomic mass is 35.5. The minimum atomic E-state index is -4.44. The SMILES string of the molecule is Nc1cc(S(=O)(=O)O)c(N)c(N)c1N.Nc1ccccc1Cl.Nc1ccccc1Cl. The van der Waals surface area contributed by atoms with E-state index in [0.29, 0.717) is 21.4 Å². The van der Waals surface area contributed by atoms with Gasteiger partial charge in [0.05, 0.1) is 44.2 Å². The lowest BCUT2D eigenvalue weighted by Crippen LogP contribution is -2.10. The van der Waals surface area contributed by atoms with Crippen molar-refractivity contribution in [2.45, 2.75) is 4.90 Å². The molecule has 0 amide bonds. The monoisotopic (exact) mass is 472 g/mol. The third-order valence-corrected chi connectivity index (χ3v) is 5.11. The molecule has 162 valence electrons. The van der Waals surface area contributed by atoms with E-state index >= 15 is 0 Å². The Balaban J connectivity index is 0.000000240. The first-order valence-electron chi connectivity index (χ1n) is 8.06. The molecule has 0 aliphatic carbocycles. The lowest BCUT2D eigenvalue weighted by atomic mass is 10.2. The Hall–Kier alpha value is -3.05. The van der Waals surface area contributed by atoms with Gasteiger partial charge >= 0.3 is 0 Å². The standard InChI is InChI=1S/2C6H6ClN.C6H10N4O3S/c2*7-5-3-1-2-4-6(5)8;7-2-1-3(14(11,12)13)5(9)6(10)4(2)8/h2*1-4H,8H2;1H,7-10H2,(H,11,12,13). The smallest absolute Gasteiger partial charge is 0.296 e. The molecule has 9 nitrogen and oxygen atoms in total. The molecule has 0 unspecified atom stereocenters. The van der Waals surface area contributed by atoms with Crippen LogP contribution in [0, 0.1) is 0 Å². The zero-order valence-corrected chi connectivity index (χ0v) is 17.9. The Kier molecular flexibility index (Phi) is 8.87. The summed E-state index contributed by atoms with van der Waals surface area (Å²) in [6, 6.07) is 15.4. The van der Waals surface area contributed by atoms with E-state index in [0.717, 1.165) is 6.07 Å². The molecule has 0 aliphatic rings. The lowest BCUT2D eigenvalue weighted by molar-refractivity contribution is 0.483. The van der Waals surface area contributed by atoms with E-state index < -0.39 is 15.0 Å². The number of rotatable bonds is 1. The third kappa shape index (κ3) is 7.08. The van der Waals surface area contributed by atoms with Gasteiger partial charge in [-0.3, -0.25) is 4.55 Å². The molecule has 30 heavy (non-hydrogen) atoms. The van der Waals surface area contributed by atoms with Gasteiger partial charge in [-0.1, -0.05) is 47.5 Å². The first kappa shape index (κ1) is 25.0. The predicted molar refractivity (Wildman–Crippen MR) is 126 cm³/mol. The third-order valence-electron chi connectivity index (χ3n) is 3.53. The van der Waals surface area contributed by atoms with E-state index in [4.69, 9.17) is 62.2 Å². The van der Waals surface area contributed by atoms with Crippen molar-refractivity contribution in [2.24, 2.45) is 0 Å². The summed E-state index contributed by atoms with van der Waals surface area (Å²) in [7, 11) is -4.44. The number of halogens is 2. The molecule has 12 heteroatoms. The van der Waals surface area contributed by atoms with Crippen LogP contribution >= 0.6 is 23.2 Å². The van der Waals surface area contributed by atoms with Crippen molar-refractivity contribution in [3.63, 3.8) is 0 Å². The summed E-state index contributed by atoms with van der Waals surface area (Å²) >= 11 is 11.2. The zero-order chi connectivity index (χ0) is 23.1. The molecule has 0 aromatic heterocycles. The van der Waals surface area contributed by atoms with Crippen LogP contribution in [-0.4, -0.2) is 13.0 Å². The average Bonchev–Trinajstić information content (AvgIpc) is 2.68. The number of para-hydroxylation sites is 2. The van der Waals surface area contributed by atoms with Crippen molar-refractivity contribution in [1.29, 1.82) is 0 Å². The maximum Gasteiger partial charge on any atom is 0.296 e. The van der Waals surface area contributed by atoms with Crippen LogP contribution in [0.25, 0.3) is 0 Å². The van der Waals surface area contributed by atoms with Gasteiger partial charge in [0.25, 0.3) is 10.1 Å². The Morgan fingerprint density at radius 1 is 0.633 bits per heavy atom. The van der Waals surface area contributed by atoms with Gasteiger partial charge in [0, 0.05) is 0 Å². The highest BCUT2D eigenvalue weighted by Crippen LogP contribution is 2.34. The van der Waals surface area contributed by atoms with Crippen LogP contribution in [0.15, 0.2) is 59.5 Å². The maximum absolute atomic E-state index is 10.8. The second-order valence-corrected chi connectivity index (χ2v) is 7.93. The normalized spacial score (nSPS) is 10.2. The van der Waals surface area contributed by atoms with Crippen LogP contribution in [0.4, 0.5) is 34.1 Å². The lowest BCUT2D eigenvalue weighted by Gasteiger charge is -2.10. The van der Waals surface area contributed by atoms with Crippen LogP contribution < -0.4 is 34.4 Å². The fourth-order valence-corrected chi connectivity index (χ4v) is 2.83. The molecule has 0 saturated carbocycles. The van der Waals surface area contributed by atoms with Gasteiger partial charge in [-0.25, -0.2) is 0 Å². The summed E-state index contributed by atoms with van der Waals surface area (Å²) in [5.41, 5.74) is 33.0. The summed E-state index contributed by atoms with van der Waals surface area (Å²) in [5, 5.41) is 1.24. The number of nitrogens with two attached hydrogens (primary N) is 6. The summed E-state index contributed by atoms with van der Waals surface area (Å²) in [5.74, 6) is 0. The quantitative estimate of drug-likeness (QED) is 0.204. The fourth-order valence-electron chi connectivity index (χ4n) is 1.89. The van der Waals surface area contributed by atoms with Crippen molar-refractivity contribution in [1.82, 2.24) is 0 Å². The Morgan fingerprint density at radius 2 is 1.03 bits per heavy atom. The Bertz CT molecular complexity index is 1040. The molecule has 3 aromatic carbocycles. The minimum absolute atomic E-state index is 0.00472. The molecular formula is C18H22Cl2N6O3S. The van der Waals surface area contributed by atoms with Crippen molar-refractivity contribution >= 4 is 67.4 Å².